The van der Waals surface area contributed by atoms with Crippen LogP contribution in [0.3, 0.4) is 0 Å². The molecule has 0 rings (SSSR count). The maximum atomic E-state index is 10.0. The van der Waals surface area contributed by atoms with Crippen molar-refractivity contribution in [2.75, 3.05) is 0 Å². The molecule has 48 valence electrons. The average Bonchev–Trinajstić information content (AvgIpc) is 1.67. The zero-order valence-corrected chi connectivity index (χ0v) is 5.82. The molecule has 0 aromatic carbocycles. The first kappa shape index (κ1) is 7.98. The highest BCUT2D eigenvalue weighted by molar-refractivity contribution is 7.82. The monoisotopic (exact) mass is 133 g/mol. The summed E-state index contributed by atoms with van der Waals surface area (Å²) in [4.78, 5) is 9.12. The average molecular weight is 133 g/mol. The molecule has 0 aromatic rings. The van der Waals surface area contributed by atoms with Gasteiger partial charge in [-0.05, 0) is 6.42 Å². The molecule has 0 aliphatic carbocycles. The SMILES string of the molecule is CCCC(N)(S)C=O. The van der Waals surface area contributed by atoms with Gasteiger partial charge in [-0.25, -0.2) is 0 Å². The van der Waals surface area contributed by atoms with E-state index in [0.717, 1.165) is 6.42 Å². The quantitative estimate of drug-likeness (QED) is 0.336. The summed E-state index contributed by atoms with van der Waals surface area (Å²) in [6.07, 6.45) is 2.19. The van der Waals surface area contributed by atoms with Gasteiger partial charge in [0.1, 0.15) is 11.2 Å². The summed E-state index contributed by atoms with van der Waals surface area (Å²) in [6.45, 7) is 1.96. The second-order valence-electron chi connectivity index (χ2n) is 1.86. The molecule has 0 aromatic heterocycles. The normalized spacial score (nSPS) is 17.4. The largest absolute Gasteiger partial charge is 0.311 e. The smallest absolute Gasteiger partial charge is 0.149 e. The van der Waals surface area contributed by atoms with Gasteiger partial charge in [0, 0.05) is 0 Å². The Morgan fingerprint density at radius 1 is 1.88 bits per heavy atom. The Bertz CT molecular complexity index is 82.5. The number of thiol groups is 1. The predicted octanol–water partition coefficient (Wildman–Crippen LogP) is 0.570. The van der Waals surface area contributed by atoms with E-state index in [2.05, 4.69) is 12.6 Å². The summed E-state index contributed by atoms with van der Waals surface area (Å²) in [5.41, 5.74) is 5.32. The molecule has 3 heteroatoms. The number of hydrogen-bond donors (Lipinski definition) is 2. The Kier molecular flexibility index (Phi) is 3.09. The molecule has 1 atom stereocenters. The first-order chi connectivity index (χ1) is 3.62. The van der Waals surface area contributed by atoms with Gasteiger partial charge in [0.05, 0.1) is 0 Å². The lowest BCUT2D eigenvalue weighted by atomic mass is 10.2. The molecule has 0 heterocycles. The van der Waals surface area contributed by atoms with Crippen LogP contribution in [-0.2, 0) is 4.79 Å². The van der Waals surface area contributed by atoms with Crippen molar-refractivity contribution in [3.8, 4) is 0 Å². The minimum atomic E-state index is -0.894. The molecule has 2 N–H and O–H groups in total. The zero-order valence-electron chi connectivity index (χ0n) is 4.92. The molecule has 0 radical (unpaired) electrons. The molecule has 0 aliphatic rings. The van der Waals surface area contributed by atoms with E-state index in [-0.39, 0.29) is 0 Å². The molecule has 1 unspecified atom stereocenters. The van der Waals surface area contributed by atoms with Gasteiger partial charge < -0.3 is 10.5 Å². The number of carbonyl (C=O) groups is 1. The highest BCUT2D eigenvalue weighted by Crippen LogP contribution is 2.09. The van der Waals surface area contributed by atoms with Gasteiger partial charge >= 0.3 is 0 Å². The fourth-order valence-corrected chi connectivity index (χ4v) is 0.683. The van der Waals surface area contributed by atoms with Crippen LogP contribution in [0.25, 0.3) is 0 Å². The second kappa shape index (κ2) is 3.10. The maximum absolute atomic E-state index is 10.0. The minimum absolute atomic E-state index is 0.639. The van der Waals surface area contributed by atoms with E-state index in [0.29, 0.717) is 12.7 Å². The van der Waals surface area contributed by atoms with Crippen molar-refractivity contribution in [2.45, 2.75) is 24.6 Å². The molecule has 2 nitrogen and oxygen atoms in total. The molecule has 0 saturated heterocycles. The van der Waals surface area contributed by atoms with Crippen LogP contribution in [0.1, 0.15) is 19.8 Å². The van der Waals surface area contributed by atoms with Gasteiger partial charge in [-0.3, -0.25) is 0 Å². The molecule has 0 bridgehead atoms. The third-order valence-electron chi connectivity index (χ3n) is 0.855. The van der Waals surface area contributed by atoms with Crippen LogP contribution in [0.4, 0.5) is 0 Å². The third kappa shape index (κ3) is 3.04. The number of aldehydes is 1. The number of carbonyl (C=O) groups excluding carboxylic acids is 1. The number of hydrogen-bond acceptors (Lipinski definition) is 3. The van der Waals surface area contributed by atoms with Crippen LogP contribution in [0.5, 0.6) is 0 Å². The van der Waals surface area contributed by atoms with Crippen molar-refractivity contribution in [1.29, 1.82) is 0 Å². The topological polar surface area (TPSA) is 43.1 Å². The molecule has 0 spiro atoms. The van der Waals surface area contributed by atoms with Gasteiger partial charge in [-0.1, -0.05) is 13.3 Å². The second-order valence-corrected chi connectivity index (χ2v) is 2.69. The standard InChI is InChI=1S/C5H11NOS/c1-2-3-5(6,8)4-7/h4,8H,2-3,6H2,1H3. The van der Waals surface area contributed by atoms with Crippen molar-refractivity contribution in [2.24, 2.45) is 5.73 Å². The summed E-state index contributed by atoms with van der Waals surface area (Å²) in [7, 11) is 0. The third-order valence-corrected chi connectivity index (χ3v) is 1.18. The molecule has 0 amide bonds. The van der Waals surface area contributed by atoms with Crippen LogP contribution in [0, 0.1) is 0 Å². The first-order valence-corrected chi connectivity index (χ1v) is 3.04. The molecular formula is C5H11NOS. The van der Waals surface area contributed by atoms with Crippen molar-refractivity contribution in [1.82, 2.24) is 0 Å². The van der Waals surface area contributed by atoms with Crippen molar-refractivity contribution < 1.29 is 4.79 Å². The fourth-order valence-electron chi connectivity index (χ4n) is 0.459. The highest BCUT2D eigenvalue weighted by Gasteiger charge is 2.15. The lowest BCUT2D eigenvalue weighted by molar-refractivity contribution is -0.109. The van der Waals surface area contributed by atoms with Gasteiger partial charge in [-0.15, -0.1) is 12.6 Å². The summed E-state index contributed by atoms with van der Waals surface area (Å²) in [6, 6.07) is 0. The Balaban J connectivity index is 3.53. The summed E-state index contributed by atoms with van der Waals surface area (Å²) in [5.74, 6) is 0. The van der Waals surface area contributed by atoms with Gasteiger partial charge in [0.15, 0.2) is 0 Å². The Labute approximate surface area is 54.9 Å². The van der Waals surface area contributed by atoms with E-state index in [9.17, 15) is 4.79 Å². The lowest BCUT2D eigenvalue weighted by Crippen LogP contribution is -2.34. The first-order valence-electron chi connectivity index (χ1n) is 2.60. The van der Waals surface area contributed by atoms with E-state index in [4.69, 9.17) is 5.73 Å². The van der Waals surface area contributed by atoms with Gasteiger partial charge in [-0.2, -0.15) is 0 Å². The predicted molar refractivity (Wildman–Crippen MR) is 36.9 cm³/mol. The van der Waals surface area contributed by atoms with Crippen LogP contribution >= 0.6 is 12.6 Å². The summed E-state index contributed by atoms with van der Waals surface area (Å²) >= 11 is 3.88. The van der Waals surface area contributed by atoms with Crippen molar-refractivity contribution >= 4 is 18.9 Å². The molecule has 0 saturated carbocycles. The van der Waals surface area contributed by atoms with E-state index in [1.54, 1.807) is 0 Å². The van der Waals surface area contributed by atoms with Gasteiger partial charge in [0.2, 0.25) is 0 Å². The Hall–Kier alpha value is -0.0200. The molecule has 8 heavy (non-hydrogen) atoms. The summed E-state index contributed by atoms with van der Waals surface area (Å²) < 4.78 is 0. The summed E-state index contributed by atoms with van der Waals surface area (Å²) in [5, 5.41) is 0. The van der Waals surface area contributed by atoms with E-state index >= 15 is 0 Å². The van der Waals surface area contributed by atoms with Crippen molar-refractivity contribution in [3.63, 3.8) is 0 Å². The van der Waals surface area contributed by atoms with E-state index in [1.165, 1.54) is 0 Å². The lowest BCUT2D eigenvalue weighted by Gasteiger charge is -2.12. The maximum Gasteiger partial charge on any atom is 0.149 e. The molecule has 0 fully saturated rings. The van der Waals surface area contributed by atoms with Crippen LogP contribution in [0.2, 0.25) is 0 Å². The van der Waals surface area contributed by atoms with Crippen LogP contribution in [0.15, 0.2) is 0 Å². The fraction of sp³-hybridized carbons (Fsp3) is 0.800. The molecule has 0 aliphatic heterocycles. The van der Waals surface area contributed by atoms with E-state index < -0.39 is 4.87 Å². The minimum Gasteiger partial charge on any atom is -0.311 e. The Morgan fingerprint density at radius 3 is 2.50 bits per heavy atom. The Morgan fingerprint density at radius 2 is 2.38 bits per heavy atom. The van der Waals surface area contributed by atoms with Crippen LogP contribution < -0.4 is 5.73 Å². The highest BCUT2D eigenvalue weighted by atomic mass is 32.1. The van der Waals surface area contributed by atoms with Crippen LogP contribution in [-0.4, -0.2) is 11.2 Å². The molecular weight excluding hydrogens is 122 g/mol. The van der Waals surface area contributed by atoms with E-state index in [1.807, 2.05) is 6.92 Å². The number of rotatable bonds is 3. The number of nitrogens with two attached hydrogens (primary N) is 1. The van der Waals surface area contributed by atoms with Crippen molar-refractivity contribution in [3.05, 3.63) is 0 Å². The zero-order chi connectivity index (χ0) is 6.62. The van der Waals surface area contributed by atoms with Gasteiger partial charge in [0.25, 0.3) is 0 Å².